The Balaban J connectivity index is 1.26. The van der Waals surface area contributed by atoms with E-state index in [2.05, 4.69) is 69.0 Å². The van der Waals surface area contributed by atoms with Gasteiger partial charge in [-0.1, -0.05) is 12.1 Å². The van der Waals surface area contributed by atoms with Crippen LogP contribution in [0.25, 0.3) is 11.3 Å². The summed E-state index contributed by atoms with van der Waals surface area (Å²) >= 11 is 0. The summed E-state index contributed by atoms with van der Waals surface area (Å²) in [6.45, 7) is 10.7. The van der Waals surface area contributed by atoms with Crippen LogP contribution in [0.5, 0.6) is 5.88 Å². The molecule has 0 bridgehead atoms. The molecule has 3 N–H and O–H groups in total. The van der Waals surface area contributed by atoms with Crippen LogP contribution in [0.2, 0.25) is 0 Å². The molecule has 2 aromatic heterocycles. The van der Waals surface area contributed by atoms with Gasteiger partial charge in [0, 0.05) is 68.8 Å². The summed E-state index contributed by atoms with van der Waals surface area (Å²) in [4.78, 5) is 19.4. The number of nitrogens with zero attached hydrogens (tertiary/aromatic N) is 5. The Morgan fingerprint density at radius 3 is 2.72 bits per heavy atom. The van der Waals surface area contributed by atoms with E-state index < -0.39 is 0 Å². The zero-order valence-electron chi connectivity index (χ0n) is 21.1. The molecule has 188 valence electrons. The highest BCUT2D eigenvalue weighted by molar-refractivity contribution is 5.77. The van der Waals surface area contributed by atoms with Crippen molar-refractivity contribution in [1.82, 2.24) is 30.1 Å². The number of benzene rings is 1. The molecule has 0 spiro atoms. The Bertz CT molecular complexity index is 1240. The number of hydrogen-bond donors (Lipinski definition) is 3. The summed E-state index contributed by atoms with van der Waals surface area (Å²) in [6, 6.07) is 8.65. The van der Waals surface area contributed by atoms with Gasteiger partial charge in [-0.05, 0) is 50.2 Å². The molecule has 1 aromatic carbocycles. The summed E-state index contributed by atoms with van der Waals surface area (Å²) in [5, 5.41) is 10.3. The molecule has 9 nitrogen and oxygen atoms in total. The number of nitrogens with one attached hydrogen (secondary N) is 3. The number of ether oxygens (including phenoxy) is 1. The molecule has 3 aromatic rings. The number of piperazine rings is 1. The molecule has 3 aliphatic rings. The topological polar surface area (TPSA) is 90.5 Å². The second-order valence-electron chi connectivity index (χ2n) is 9.90. The fraction of sp³-hybridized carbons (Fsp3) is 0.444. The van der Waals surface area contributed by atoms with Gasteiger partial charge in [0.1, 0.15) is 12.3 Å². The van der Waals surface area contributed by atoms with E-state index in [0.29, 0.717) is 18.4 Å². The van der Waals surface area contributed by atoms with Gasteiger partial charge in [0.25, 0.3) is 0 Å². The summed E-state index contributed by atoms with van der Waals surface area (Å²) in [7, 11) is 2.19. The lowest BCUT2D eigenvalue weighted by molar-refractivity contribution is 0.148. The molecular formula is C27H34N8O. The van der Waals surface area contributed by atoms with Crippen LogP contribution in [0.15, 0.2) is 30.5 Å². The number of anilines is 3. The van der Waals surface area contributed by atoms with E-state index in [4.69, 9.17) is 14.7 Å². The molecule has 9 heteroatoms. The Kier molecular flexibility index (Phi) is 6.43. The molecule has 1 saturated heterocycles. The maximum absolute atomic E-state index is 5.74. The van der Waals surface area contributed by atoms with E-state index in [0.717, 1.165) is 92.7 Å². The highest BCUT2D eigenvalue weighted by Gasteiger charge is 2.23. The molecule has 6 rings (SSSR count). The number of hydrogen-bond acceptors (Lipinski definition) is 9. The van der Waals surface area contributed by atoms with Crippen LogP contribution < -0.4 is 20.7 Å². The quantitative estimate of drug-likeness (QED) is 0.504. The van der Waals surface area contributed by atoms with Crippen LogP contribution in [-0.4, -0.2) is 77.7 Å². The van der Waals surface area contributed by atoms with E-state index in [1.54, 1.807) is 0 Å². The van der Waals surface area contributed by atoms with Crippen molar-refractivity contribution in [2.45, 2.75) is 26.4 Å². The number of aromatic nitrogens is 3. The Morgan fingerprint density at radius 1 is 1.06 bits per heavy atom. The molecule has 0 atom stereocenters. The third kappa shape index (κ3) is 4.74. The minimum absolute atomic E-state index is 0.612. The fourth-order valence-electron chi connectivity index (χ4n) is 5.18. The lowest BCUT2D eigenvalue weighted by Crippen LogP contribution is -2.43. The minimum Gasteiger partial charge on any atom is -0.474 e. The average molecular weight is 487 g/mol. The first kappa shape index (κ1) is 23.1. The number of rotatable bonds is 5. The van der Waals surface area contributed by atoms with Crippen molar-refractivity contribution in [3.05, 3.63) is 52.8 Å². The molecule has 0 aliphatic carbocycles. The molecule has 0 unspecified atom stereocenters. The van der Waals surface area contributed by atoms with Crippen LogP contribution in [0.4, 0.5) is 17.3 Å². The molecule has 0 saturated carbocycles. The molecule has 1 fully saturated rings. The lowest BCUT2D eigenvalue weighted by Gasteiger charge is -2.32. The van der Waals surface area contributed by atoms with Crippen LogP contribution in [0.3, 0.4) is 0 Å². The van der Waals surface area contributed by atoms with E-state index in [1.807, 2.05) is 6.20 Å². The fourth-order valence-corrected chi connectivity index (χ4v) is 5.18. The van der Waals surface area contributed by atoms with Gasteiger partial charge in [-0.2, -0.15) is 0 Å². The van der Waals surface area contributed by atoms with Gasteiger partial charge < -0.3 is 25.6 Å². The monoisotopic (exact) mass is 486 g/mol. The van der Waals surface area contributed by atoms with E-state index in [9.17, 15) is 0 Å². The Morgan fingerprint density at radius 2 is 1.89 bits per heavy atom. The number of pyridine rings is 1. The maximum atomic E-state index is 5.74. The first-order chi connectivity index (χ1) is 17.6. The smallest absolute Gasteiger partial charge is 0.237 e. The number of fused-ring (bicyclic) bond motifs is 2. The summed E-state index contributed by atoms with van der Waals surface area (Å²) in [5.41, 5.74) is 8.61. The van der Waals surface area contributed by atoms with Crippen LogP contribution in [0, 0.1) is 6.92 Å². The second kappa shape index (κ2) is 10.0. The SMILES string of the molecule is Cc1c(-c2nc(Nc3ccc(CN4CCN(C)CC4)cc3)nc3c2CCNC3)cnc2c1NCCO2. The van der Waals surface area contributed by atoms with Gasteiger partial charge >= 0.3 is 0 Å². The van der Waals surface area contributed by atoms with Crippen molar-refractivity contribution < 1.29 is 4.74 Å². The van der Waals surface area contributed by atoms with Crippen LogP contribution in [-0.2, 0) is 19.5 Å². The molecule has 0 radical (unpaired) electrons. The van der Waals surface area contributed by atoms with Gasteiger partial charge in [-0.15, -0.1) is 0 Å². The highest BCUT2D eigenvalue weighted by Crippen LogP contribution is 2.37. The predicted octanol–water partition coefficient (Wildman–Crippen LogP) is 2.79. The largest absolute Gasteiger partial charge is 0.474 e. The van der Waals surface area contributed by atoms with E-state index in [1.165, 1.54) is 11.1 Å². The van der Waals surface area contributed by atoms with Gasteiger partial charge in [-0.3, -0.25) is 4.90 Å². The molecule has 0 amide bonds. The number of likely N-dealkylation sites (N-methyl/N-ethyl adjacent to an activating group) is 1. The first-order valence-electron chi connectivity index (χ1n) is 12.9. The third-order valence-corrected chi connectivity index (χ3v) is 7.35. The zero-order valence-corrected chi connectivity index (χ0v) is 21.1. The first-order valence-corrected chi connectivity index (χ1v) is 12.9. The minimum atomic E-state index is 0.612. The Hall–Kier alpha value is -3.27. The van der Waals surface area contributed by atoms with Gasteiger partial charge in [0.2, 0.25) is 11.8 Å². The Labute approximate surface area is 212 Å². The zero-order chi connectivity index (χ0) is 24.5. The van der Waals surface area contributed by atoms with E-state index >= 15 is 0 Å². The van der Waals surface area contributed by atoms with E-state index in [-0.39, 0.29) is 0 Å². The van der Waals surface area contributed by atoms with Crippen LogP contribution in [0.1, 0.15) is 22.4 Å². The second-order valence-corrected chi connectivity index (χ2v) is 9.90. The van der Waals surface area contributed by atoms with Gasteiger partial charge in [0.15, 0.2) is 0 Å². The van der Waals surface area contributed by atoms with Crippen molar-refractivity contribution in [3.63, 3.8) is 0 Å². The lowest BCUT2D eigenvalue weighted by atomic mass is 9.97. The van der Waals surface area contributed by atoms with Gasteiger partial charge in [-0.25, -0.2) is 15.0 Å². The van der Waals surface area contributed by atoms with Crippen molar-refractivity contribution in [2.24, 2.45) is 0 Å². The molecular weight excluding hydrogens is 452 g/mol. The molecule has 36 heavy (non-hydrogen) atoms. The highest BCUT2D eigenvalue weighted by atomic mass is 16.5. The maximum Gasteiger partial charge on any atom is 0.237 e. The van der Waals surface area contributed by atoms with Crippen molar-refractivity contribution >= 4 is 17.3 Å². The third-order valence-electron chi connectivity index (χ3n) is 7.35. The van der Waals surface area contributed by atoms with Crippen molar-refractivity contribution in [2.75, 3.05) is 63.6 Å². The molecule has 5 heterocycles. The summed E-state index contributed by atoms with van der Waals surface area (Å²) in [5.74, 6) is 1.28. The van der Waals surface area contributed by atoms with Gasteiger partial charge in [0.05, 0.1) is 11.4 Å². The summed E-state index contributed by atoms with van der Waals surface area (Å²) < 4.78 is 5.74. The molecule has 3 aliphatic heterocycles. The van der Waals surface area contributed by atoms with Crippen molar-refractivity contribution in [3.8, 4) is 17.1 Å². The summed E-state index contributed by atoms with van der Waals surface area (Å²) in [6.07, 6.45) is 2.79. The standard InChI is InChI=1S/C27H34N8O/c1-18-22(15-30-26-24(18)29-9-14-36-26)25-21-7-8-28-16-23(21)32-27(33-25)31-20-5-3-19(4-6-20)17-35-12-10-34(2)11-13-35/h3-6,15,28-29H,7-14,16-17H2,1-2H3,(H,31,32,33). The van der Waals surface area contributed by atoms with Crippen LogP contribution >= 0.6 is 0 Å². The average Bonchev–Trinajstić information content (AvgIpc) is 2.91. The normalized spacial score (nSPS) is 18.1. The van der Waals surface area contributed by atoms with Crippen molar-refractivity contribution in [1.29, 1.82) is 0 Å². The predicted molar refractivity (Wildman–Crippen MR) is 142 cm³/mol.